The molecule has 3 rings (SSSR count). The van der Waals surface area contributed by atoms with Gasteiger partial charge in [0.05, 0.1) is 18.9 Å². The van der Waals surface area contributed by atoms with Gasteiger partial charge in [-0.05, 0) is 26.8 Å². The van der Waals surface area contributed by atoms with Crippen LogP contribution in [0.4, 0.5) is 0 Å². The number of thioether (sulfide) groups is 1. The summed E-state index contributed by atoms with van der Waals surface area (Å²) >= 11 is 1.78. The van der Waals surface area contributed by atoms with E-state index in [1.165, 1.54) is 0 Å². The Labute approximate surface area is 170 Å². The average Bonchev–Trinajstić information content (AvgIpc) is 2.88. The van der Waals surface area contributed by atoms with Crippen molar-refractivity contribution in [2.45, 2.75) is 45.0 Å². The number of aliphatic hydroxyl groups excluding tert-OH is 1. The average molecular weight is 406 g/mol. The van der Waals surface area contributed by atoms with Crippen molar-refractivity contribution in [2.75, 3.05) is 25.5 Å². The van der Waals surface area contributed by atoms with E-state index in [4.69, 9.17) is 14.2 Å². The highest BCUT2D eigenvalue weighted by atomic mass is 32.2. The molecule has 0 fully saturated rings. The molecule has 0 amide bonds. The molecule has 0 saturated carbocycles. The Morgan fingerprint density at radius 2 is 2.04 bits per heavy atom. The van der Waals surface area contributed by atoms with Gasteiger partial charge in [0.1, 0.15) is 28.9 Å². The number of benzene rings is 1. The van der Waals surface area contributed by atoms with Crippen molar-refractivity contribution < 1.29 is 24.1 Å². The highest BCUT2D eigenvalue weighted by Gasteiger charge is 2.33. The number of aliphatic hydroxyl groups is 1. The predicted octanol–water partition coefficient (Wildman–Crippen LogP) is 4.25. The molecule has 28 heavy (non-hydrogen) atoms. The third kappa shape index (κ3) is 4.63. The van der Waals surface area contributed by atoms with E-state index in [1.54, 1.807) is 18.7 Å². The van der Waals surface area contributed by atoms with Gasteiger partial charge < -0.3 is 19.3 Å². The van der Waals surface area contributed by atoms with Crippen LogP contribution in [0.1, 0.15) is 44.4 Å². The Balaban J connectivity index is 1.91. The van der Waals surface area contributed by atoms with Crippen LogP contribution in [0, 0.1) is 0 Å². The summed E-state index contributed by atoms with van der Waals surface area (Å²) in [6.07, 6.45) is 0.538. The summed E-state index contributed by atoms with van der Waals surface area (Å²) in [5.74, 6) is 1.96. The van der Waals surface area contributed by atoms with Crippen molar-refractivity contribution in [3.8, 4) is 11.5 Å². The number of esters is 1. The first-order valence-electron chi connectivity index (χ1n) is 9.71. The fourth-order valence-electron chi connectivity index (χ4n) is 3.43. The molecule has 6 nitrogen and oxygen atoms in total. The van der Waals surface area contributed by atoms with Crippen molar-refractivity contribution in [1.82, 2.24) is 0 Å². The summed E-state index contributed by atoms with van der Waals surface area (Å²) < 4.78 is 16.8. The molecule has 152 valence electrons. The summed E-state index contributed by atoms with van der Waals surface area (Å²) in [6, 6.07) is 5.88. The standard InChI is InChI=1S/C21H27NO5S/c1-4-25-14-6-7-15(18(11-14)26-5-2)19-12-16(22-8-9-28-19)20-17(23)10-13(3)27-21(20)24/h6-7,11,13,19,23H,4-5,8-10,12H2,1-3H3. The maximum atomic E-state index is 12.4. The van der Waals surface area contributed by atoms with Crippen LogP contribution in [0.25, 0.3) is 0 Å². The minimum atomic E-state index is -0.489. The molecule has 0 aliphatic carbocycles. The number of rotatable bonds is 6. The lowest BCUT2D eigenvalue weighted by molar-refractivity contribution is -0.144. The predicted molar refractivity (Wildman–Crippen MR) is 111 cm³/mol. The van der Waals surface area contributed by atoms with Gasteiger partial charge in [-0.3, -0.25) is 4.99 Å². The Hall–Kier alpha value is -2.15. The Morgan fingerprint density at radius 3 is 2.75 bits per heavy atom. The largest absolute Gasteiger partial charge is 0.511 e. The monoisotopic (exact) mass is 405 g/mol. The summed E-state index contributed by atoms with van der Waals surface area (Å²) in [6.45, 7) is 7.41. The molecule has 0 saturated heterocycles. The first-order chi connectivity index (χ1) is 13.5. The highest BCUT2D eigenvalue weighted by Crippen LogP contribution is 2.42. The summed E-state index contributed by atoms with van der Waals surface area (Å²) in [7, 11) is 0. The maximum Gasteiger partial charge on any atom is 0.343 e. The van der Waals surface area contributed by atoms with Crippen LogP contribution in [0.2, 0.25) is 0 Å². The Kier molecular flexibility index (Phi) is 6.88. The van der Waals surface area contributed by atoms with Crippen LogP contribution in [-0.2, 0) is 9.53 Å². The minimum absolute atomic E-state index is 0.0610. The second kappa shape index (κ2) is 9.37. The van der Waals surface area contributed by atoms with Crippen molar-refractivity contribution in [3.05, 3.63) is 35.1 Å². The van der Waals surface area contributed by atoms with E-state index in [0.29, 0.717) is 38.3 Å². The zero-order valence-corrected chi connectivity index (χ0v) is 17.4. The SMILES string of the molecule is CCOc1ccc(C2CC(C3=C(O)CC(C)OC3=O)=NCCS2)c(OCC)c1. The van der Waals surface area contributed by atoms with Gasteiger partial charge in [0, 0.05) is 42.0 Å². The first-order valence-corrected chi connectivity index (χ1v) is 10.8. The lowest BCUT2D eigenvalue weighted by Gasteiger charge is -2.24. The molecule has 1 N–H and O–H groups in total. The Morgan fingerprint density at radius 1 is 1.25 bits per heavy atom. The molecule has 1 aromatic carbocycles. The topological polar surface area (TPSA) is 77.4 Å². The lowest BCUT2D eigenvalue weighted by atomic mass is 9.97. The smallest absolute Gasteiger partial charge is 0.343 e. The number of carbonyl (C=O) groups is 1. The zero-order chi connectivity index (χ0) is 20.1. The van der Waals surface area contributed by atoms with Crippen LogP contribution in [0.5, 0.6) is 11.5 Å². The highest BCUT2D eigenvalue weighted by molar-refractivity contribution is 7.99. The number of hydrogen-bond donors (Lipinski definition) is 1. The fraction of sp³-hybridized carbons (Fsp3) is 0.524. The molecule has 2 atom stereocenters. The third-order valence-electron chi connectivity index (χ3n) is 4.60. The molecule has 2 aliphatic rings. The third-order valence-corrected chi connectivity index (χ3v) is 5.85. The second-order valence-electron chi connectivity index (χ2n) is 6.70. The van der Waals surface area contributed by atoms with Crippen LogP contribution in [-0.4, -0.2) is 48.4 Å². The molecular formula is C21H27NO5S. The van der Waals surface area contributed by atoms with Crippen molar-refractivity contribution in [1.29, 1.82) is 0 Å². The summed E-state index contributed by atoms with van der Waals surface area (Å²) in [4.78, 5) is 17.0. The van der Waals surface area contributed by atoms with E-state index >= 15 is 0 Å². The quantitative estimate of drug-likeness (QED) is 0.713. The lowest BCUT2D eigenvalue weighted by Crippen LogP contribution is -2.29. The fourth-order valence-corrected chi connectivity index (χ4v) is 4.56. The van der Waals surface area contributed by atoms with Crippen LogP contribution in [0.3, 0.4) is 0 Å². The number of aliphatic imine (C=N–C) groups is 1. The van der Waals surface area contributed by atoms with Crippen molar-refractivity contribution in [2.24, 2.45) is 4.99 Å². The van der Waals surface area contributed by atoms with Crippen molar-refractivity contribution >= 4 is 23.4 Å². The van der Waals surface area contributed by atoms with E-state index in [2.05, 4.69) is 4.99 Å². The van der Waals surface area contributed by atoms with Gasteiger partial charge in [0.2, 0.25) is 0 Å². The molecule has 0 bridgehead atoms. The number of nitrogens with zero attached hydrogens (tertiary/aromatic N) is 1. The van der Waals surface area contributed by atoms with Gasteiger partial charge >= 0.3 is 5.97 Å². The molecule has 2 aliphatic heterocycles. The van der Waals surface area contributed by atoms with Gasteiger partial charge in [-0.2, -0.15) is 11.8 Å². The van der Waals surface area contributed by atoms with Gasteiger partial charge in [-0.1, -0.05) is 6.07 Å². The molecule has 0 aromatic heterocycles. The van der Waals surface area contributed by atoms with Gasteiger partial charge in [0.15, 0.2) is 0 Å². The van der Waals surface area contributed by atoms with Crippen LogP contribution in [0.15, 0.2) is 34.5 Å². The second-order valence-corrected chi connectivity index (χ2v) is 8.01. The van der Waals surface area contributed by atoms with E-state index < -0.39 is 5.97 Å². The zero-order valence-electron chi connectivity index (χ0n) is 16.6. The first kappa shape index (κ1) is 20.6. The Bertz CT molecular complexity index is 789. The normalized spacial score (nSPS) is 23.0. The number of cyclic esters (lactones) is 1. The maximum absolute atomic E-state index is 12.4. The minimum Gasteiger partial charge on any atom is -0.511 e. The molecule has 2 heterocycles. The van der Waals surface area contributed by atoms with Gasteiger partial charge in [-0.15, -0.1) is 0 Å². The molecular weight excluding hydrogens is 378 g/mol. The van der Waals surface area contributed by atoms with Gasteiger partial charge in [-0.25, -0.2) is 4.79 Å². The molecule has 1 aromatic rings. The summed E-state index contributed by atoms with van der Waals surface area (Å²) in [5.41, 5.74) is 1.89. The van der Waals surface area contributed by atoms with E-state index in [-0.39, 0.29) is 22.7 Å². The number of ether oxygens (including phenoxy) is 3. The van der Waals surface area contributed by atoms with Crippen LogP contribution >= 0.6 is 11.8 Å². The molecule has 7 heteroatoms. The van der Waals surface area contributed by atoms with E-state index in [0.717, 1.165) is 22.8 Å². The summed E-state index contributed by atoms with van der Waals surface area (Å²) in [5, 5.41) is 10.5. The molecule has 0 spiro atoms. The molecule has 0 radical (unpaired) electrons. The molecule has 2 unspecified atom stereocenters. The van der Waals surface area contributed by atoms with Crippen LogP contribution < -0.4 is 9.47 Å². The van der Waals surface area contributed by atoms with Gasteiger partial charge in [0.25, 0.3) is 0 Å². The number of hydrogen-bond acceptors (Lipinski definition) is 7. The van der Waals surface area contributed by atoms with E-state index in [9.17, 15) is 9.90 Å². The van der Waals surface area contributed by atoms with E-state index in [1.807, 2.05) is 32.0 Å². The van der Waals surface area contributed by atoms with Crippen molar-refractivity contribution in [3.63, 3.8) is 0 Å². The number of carbonyl (C=O) groups excluding carboxylic acids is 1.